The topological polar surface area (TPSA) is 59.7 Å². The van der Waals surface area contributed by atoms with Gasteiger partial charge < -0.3 is 4.74 Å². The van der Waals surface area contributed by atoms with Crippen molar-refractivity contribution in [2.24, 2.45) is 0 Å². The molecule has 1 aliphatic heterocycles. The molecule has 3 rings (SSSR count). The predicted octanol–water partition coefficient (Wildman–Crippen LogP) is 1.65. The Kier molecular flexibility index (Phi) is 4.15. The maximum Gasteiger partial charge on any atom is 0.323 e. The number of hydrogen-bond acceptors (Lipinski definition) is 5. The fraction of sp³-hybridized carbons (Fsp3) is 0.533. The average Bonchev–Trinajstić information content (AvgIpc) is 2.90. The first-order valence-electron chi connectivity index (χ1n) is 7.47. The first kappa shape index (κ1) is 14.0. The van der Waals surface area contributed by atoms with Crippen molar-refractivity contribution in [3.63, 3.8) is 0 Å². The van der Waals surface area contributed by atoms with Crippen LogP contribution in [-0.4, -0.2) is 44.4 Å². The second-order valence-corrected chi connectivity index (χ2v) is 5.29. The lowest BCUT2D eigenvalue weighted by molar-refractivity contribution is -0.151. The number of rotatable bonds is 4. The Balaban J connectivity index is 1.75. The zero-order chi connectivity index (χ0) is 14.7. The molecule has 0 amide bonds. The zero-order valence-corrected chi connectivity index (χ0v) is 12.2. The maximum atomic E-state index is 12.1. The van der Waals surface area contributed by atoms with Crippen LogP contribution in [-0.2, 0) is 16.1 Å². The molecule has 0 saturated carbocycles. The van der Waals surface area contributed by atoms with Crippen LogP contribution in [0.15, 0.2) is 24.7 Å². The molecule has 112 valence electrons. The van der Waals surface area contributed by atoms with E-state index in [1.807, 2.05) is 29.8 Å². The van der Waals surface area contributed by atoms with E-state index < -0.39 is 0 Å². The number of carbonyl (C=O) groups excluding carboxylic acids is 1. The molecule has 1 fully saturated rings. The number of esters is 1. The predicted molar refractivity (Wildman–Crippen MR) is 77.7 cm³/mol. The van der Waals surface area contributed by atoms with Crippen molar-refractivity contribution >= 4 is 11.7 Å². The first-order valence-corrected chi connectivity index (χ1v) is 7.47. The van der Waals surface area contributed by atoms with E-state index in [1.165, 1.54) is 0 Å². The van der Waals surface area contributed by atoms with Gasteiger partial charge in [-0.05, 0) is 32.4 Å². The van der Waals surface area contributed by atoms with Crippen molar-refractivity contribution in [2.45, 2.75) is 38.8 Å². The second-order valence-electron chi connectivity index (χ2n) is 5.29. The lowest BCUT2D eigenvalue weighted by atomic mass is 10.0. The Bertz CT molecular complexity index is 592. The smallest absolute Gasteiger partial charge is 0.323 e. The zero-order valence-electron chi connectivity index (χ0n) is 12.2. The standard InChI is InChI=1S/C15H20N4O2/c1-2-21-14(20)13-6-3-4-8-18(13)10-12-11-19-9-5-7-16-15(19)17-12/h5,7,9,11,13H,2-4,6,8,10H2,1H3. The number of piperidine rings is 1. The molecule has 1 unspecified atom stereocenters. The molecule has 6 nitrogen and oxygen atoms in total. The number of nitrogens with zero attached hydrogens (tertiary/aromatic N) is 4. The van der Waals surface area contributed by atoms with Crippen LogP contribution in [0.1, 0.15) is 31.9 Å². The van der Waals surface area contributed by atoms with Gasteiger partial charge in [-0.3, -0.25) is 14.1 Å². The number of aromatic nitrogens is 3. The lowest BCUT2D eigenvalue weighted by Crippen LogP contribution is -2.45. The monoisotopic (exact) mass is 288 g/mol. The Morgan fingerprint density at radius 1 is 1.48 bits per heavy atom. The number of ether oxygens (including phenoxy) is 1. The van der Waals surface area contributed by atoms with Crippen LogP contribution in [0.3, 0.4) is 0 Å². The van der Waals surface area contributed by atoms with Gasteiger partial charge in [-0.2, -0.15) is 0 Å². The highest BCUT2D eigenvalue weighted by Crippen LogP contribution is 2.20. The summed E-state index contributed by atoms with van der Waals surface area (Å²) in [6, 6.07) is 1.73. The van der Waals surface area contributed by atoms with E-state index >= 15 is 0 Å². The number of likely N-dealkylation sites (tertiary alicyclic amines) is 1. The summed E-state index contributed by atoms with van der Waals surface area (Å²) in [4.78, 5) is 23.0. The summed E-state index contributed by atoms with van der Waals surface area (Å²) in [5, 5.41) is 0. The Morgan fingerprint density at radius 2 is 2.38 bits per heavy atom. The molecule has 0 bridgehead atoms. The average molecular weight is 288 g/mol. The third-order valence-corrected chi connectivity index (χ3v) is 3.82. The van der Waals surface area contributed by atoms with Gasteiger partial charge in [0.25, 0.3) is 0 Å². The Labute approximate surface area is 123 Å². The molecular formula is C15H20N4O2. The highest BCUT2D eigenvalue weighted by Gasteiger charge is 2.30. The fourth-order valence-corrected chi connectivity index (χ4v) is 2.85. The Hall–Kier alpha value is -1.95. The van der Waals surface area contributed by atoms with E-state index in [4.69, 9.17) is 4.74 Å². The molecule has 21 heavy (non-hydrogen) atoms. The molecule has 3 heterocycles. The highest BCUT2D eigenvalue weighted by molar-refractivity contribution is 5.75. The van der Waals surface area contributed by atoms with Gasteiger partial charge in [0.15, 0.2) is 0 Å². The van der Waals surface area contributed by atoms with Gasteiger partial charge in [0, 0.05) is 25.1 Å². The van der Waals surface area contributed by atoms with Gasteiger partial charge in [-0.1, -0.05) is 6.42 Å². The van der Waals surface area contributed by atoms with Crippen LogP contribution in [0, 0.1) is 0 Å². The molecule has 0 aliphatic carbocycles. The van der Waals surface area contributed by atoms with E-state index in [0.717, 1.165) is 31.5 Å². The molecule has 0 aromatic carbocycles. The van der Waals surface area contributed by atoms with Crippen LogP contribution in [0.2, 0.25) is 0 Å². The minimum atomic E-state index is -0.142. The van der Waals surface area contributed by atoms with Gasteiger partial charge in [0.2, 0.25) is 5.78 Å². The van der Waals surface area contributed by atoms with Gasteiger partial charge in [-0.15, -0.1) is 0 Å². The molecule has 1 atom stereocenters. The molecular weight excluding hydrogens is 268 g/mol. The molecule has 1 saturated heterocycles. The summed E-state index contributed by atoms with van der Waals surface area (Å²) in [6.07, 6.45) is 8.68. The van der Waals surface area contributed by atoms with E-state index in [0.29, 0.717) is 18.9 Å². The Morgan fingerprint density at radius 3 is 3.19 bits per heavy atom. The van der Waals surface area contributed by atoms with E-state index in [-0.39, 0.29) is 12.0 Å². The molecule has 0 N–H and O–H groups in total. The minimum Gasteiger partial charge on any atom is -0.465 e. The normalized spacial score (nSPS) is 19.8. The molecule has 0 radical (unpaired) electrons. The summed E-state index contributed by atoms with van der Waals surface area (Å²) in [5.41, 5.74) is 0.935. The van der Waals surface area contributed by atoms with Crippen LogP contribution < -0.4 is 0 Å². The van der Waals surface area contributed by atoms with Crippen LogP contribution in [0.4, 0.5) is 0 Å². The SMILES string of the molecule is CCOC(=O)C1CCCCN1Cc1cn2cccnc2n1. The van der Waals surface area contributed by atoms with Gasteiger partial charge in [0.05, 0.1) is 12.3 Å². The van der Waals surface area contributed by atoms with E-state index in [2.05, 4.69) is 14.9 Å². The summed E-state index contributed by atoms with van der Waals surface area (Å²) < 4.78 is 7.09. The van der Waals surface area contributed by atoms with Crippen molar-refractivity contribution in [1.29, 1.82) is 0 Å². The van der Waals surface area contributed by atoms with Crippen LogP contribution in [0.25, 0.3) is 5.78 Å². The van der Waals surface area contributed by atoms with E-state index in [1.54, 1.807) is 6.20 Å². The molecule has 1 aliphatic rings. The fourth-order valence-electron chi connectivity index (χ4n) is 2.85. The van der Waals surface area contributed by atoms with Crippen molar-refractivity contribution in [1.82, 2.24) is 19.3 Å². The van der Waals surface area contributed by atoms with Gasteiger partial charge >= 0.3 is 5.97 Å². The van der Waals surface area contributed by atoms with Crippen molar-refractivity contribution in [3.8, 4) is 0 Å². The van der Waals surface area contributed by atoms with E-state index in [9.17, 15) is 4.79 Å². The molecule has 2 aromatic rings. The van der Waals surface area contributed by atoms with Crippen molar-refractivity contribution < 1.29 is 9.53 Å². The molecule has 6 heteroatoms. The third-order valence-electron chi connectivity index (χ3n) is 3.82. The van der Waals surface area contributed by atoms with Crippen LogP contribution >= 0.6 is 0 Å². The van der Waals surface area contributed by atoms with Crippen molar-refractivity contribution in [3.05, 3.63) is 30.4 Å². The summed E-state index contributed by atoms with van der Waals surface area (Å²) in [6.45, 7) is 3.85. The second kappa shape index (κ2) is 6.22. The first-order chi connectivity index (χ1) is 10.3. The molecule has 0 spiro atoms. The molecule has 2 aromatic heterocycles. The van der Waals surface area contributed by atoms with Crippen LogP contribution in [0.5, 0.6) is 0 Å². The summed E-state index contributed by atoms with van der Waals surface area (Å²) in [7, 11) is 0. The van der Waals surface area contributed by atoms with Crippen molar-refractivity contribution in [2.75, 3.05) is 13.2 Å². The van der Waals surface area contributed by atoms with Gasteiger partial charge in [-0.25, -0.2) is 9.97 Å². The number of hydrogen-bond donors (Lipinski definition) is 0. The van der Waals surface area contributed by atoms with Gasteiger partial charge in [0.1, 0.15) is 6.04 Å². The third kappa shape index (κ3) is 3.05. The number of imidazole rings is 1. The number of carbonyl (C=O) groups is 1. The largest absolute Gasteiger partial charge is 0.465 e. The highest BCUT2D eigenvalue weighted by atomic mass is 16.5. The number of fused-ring (bicyclic) bond motifs is 1. The lowest BCUT2D eigenvalue weighted by Gasteiger charge is -2.33. The summed E-state index contributed by atoms with van der Waals surface area (Å²) >= 11 is 0. The maximum absolute atomic E-state index is 12.1. The summed E-state index contributed by atoms with van der Waals surface area (Å²) in [5.74, 6) is 0.580. The minimum absolute atomic E-state index is 0.112. The quantitative estimate of drug-likeness (QED) is 0.801.